The van der Waals surface area contributed by atoms with E-state index in [2.05, 4.69) is 26.1 Å². The van der Waals surface area contributed by atoms with Crippen LogP contribution in [0.2, 0.25) is 0 Å². The molecule has 148 valence electrons. The van der Waals surface area contributed by atoms with Crippen LogP contribution in [0.3, 0.4) is 0 Å². The van der Waals surface area contributed by atoms with Gasteiger partial charge >= 0.3 is 0 Å². The first kappa shape index (κ1) is 20.9. The lowest BCUT2D eigenvalue weighted by atomic mass is 10.1. The number of nitrogens with zero attached hydrogens (tertiary/aromatic N) is 1. The molecule has 5 nitrogen and oxygen atoms in total. The molecule has 2 aromatic carbocycles. The lowest BCUT2D eigenvalue weighted by molar-refractivity contribution is -0.122. The molecule has 3 rings (SSSR count). The average Bonchev–Trinajstić information content (AvgIpc) is 3.12. The Morgan fingerprint density at radius 3 is 2.75 bits per heavy atom. The zero-order valence-corrected chi connectivity index (χ0v) is 18.0. The highest BCUT2D eigenvalue weighted by molar-refractivity contribution is 9.10. The molecule has 1 fully saturated rings. The number of hydrogen-bond donors (Lipinski definition) is 2. The summed E-state index contributed by atoms with van der Waals surface area (Å²) in [4.78, 5) is 27.1. The highest BCUT2D eigenvalue weighted by Gasteiger charge is 2.28. The number of hydrogen-bond acceptors (Lipinski definition) is 4. The zero-order chi connectivity index (χ0) is 19.9. The molecule has 0 aliphatic carbocycles. The molecule has 0 spiro atoms. The summed E-state index contributed by atoms with van der Waals surface area (Å²) in [6.07, 6.45) is 2.25. The van der Waals surface area contributed by atoms with Gasteiger partial charge in [0.25, 0.3) is 0 Å². The minimum absolute atomic E-state index is 0.00190. The van der Waals surface area contributed by atoms with Crippen LogP contribution in [0.15, 0.2) is 57.9 Å². The van der Waals surface area contributed by atoms with E-state index in [0.717, 1.165) is 45.8 Å². The maximum Gasteiger partial charge on any atom is 0.234 e. The third kappa shape index (κ3) is 6.09. The fourth-order valence-electron chi connectivity index (χ4n) is 3.34. The van der Waals surface area contributed by atoms with Crippen LogP contribution < -0.4 is 11.1 Å². The van der Waals surface area contributed by atoms with Gasteiger partial charge in [0.2, 0.25) is 11.8 Å². The summed E-state index contributed by atoms with van der Waals surface area (Å²) in [6.45, 7) is 1.54. The largest absolute Gasteiger partial charge is 0.368 e. The van der Waals surface area contributed by atoms with E-state index in [1.54, 1.807) is 11.8 Å². The van der Waals surface area contributed by atoms with Gasteiger partial charge in [-0.3, -0.25) is 14.5 Å². The molecule has 0 bridgehead atoms. The molecule has 1 aliphatic heterocycles. The van der Waals surface area contributed by atoms with Gasteiger partial charge < -0.3 is 11.1 Å². The Morgan fingerprint density at radius 1 is 1.21 bits per heavy atom. The number of amides is 2. The van der Waals surface area contributed by atoms with E-state index in [1.807, 2.05) is 48.5 Å². The summed E-state index contributed by atoms with van der Waals surface area (Å²) in [6, 6.07) is 15.7. The van der Waals surface area contributed by atoms with Gasteiger partial charge in [0.1, 0.15) is 0 Å². The zero-order valence-electron chi connectivity index (χ0n) is 15.6. The van der Waals surface area contributed by atoms with Gasteiger partial charge in [-0.25, -0.2) is 0 Å². The molecule has 2 aromatic rings. The van der Waals surface area contributed by atoms with Crippen molar-refractivity contribution in [3.05, 3.63) is 58.6 Å². The van der Waals surface area contributed by atoms with Crippen molar-refractivity contribution in [1.82, 2.24) is 4.90 Å². The number of nitrogens with two attached hydrogens (primary N) is 1. The Labute approximate surface area is 178 Å². The van der Waals surface area contributed by atoms with E-state index < -0.39 is 0 Å². The van der Waals surface area contributed by atoms with Crippen molar-refractivity contribution in [2.75, 3.05) is 17.6 Å². The second-order valence-corrected chi connectivity index (χ2v) is 8.92. The summed E-state index contributed by atoms with van der Waals surface area (Å²) in [5.41, 5.74) is 7.34. The molecule has 1 heterocycles. The number of nitrogens with one attached hydrogen (secondary N) is 1. The van der Waals surface area contributed by atoms with Crippen LogP contribution in [0.1, 0.15) is 24.8 Å². The number of rotatable bonds is 8. The highest BCUT2D eigenvalue weighted by Crippen LogP contribution is 2.23. The Kier molecular flexibility index (Phi) is 7.53. The maximum absolute atomic E-state index is 12.3. The van der Waals surface area contributed by atoms with Crippen molar-refractivity contribution in [2.45, 2.75) is 36.7 Å². The molecule has 28 heavy (non-hydrogen) atoms. The van der Waals surface area contributed by atoms with Crippen molar-refractivity contribution in [3.63, 3.8) is 0 Å². The number of halogens is 1. The normalized spacial score (nSPS) is 16.8. The van der Waals surface area contributed by atoms with Crippen LogP contribution >= 0.6 is 27.7 Å². The first-order chi connectivity index (χ1) is 13.5. The second-order valence-electron chi connectivity index (χ2n) is 6.83. The highest BCUT2D eigenvalue weighted by atomic mass is 79.9. The molecule has 0 aromatic heterocycles. The van der Waals surface area contributed by atoms with Crippen molar-refractivity contribution in [3.8, 4) is 0 Å². The Hall–Kier alpha value is -1.83. The predicted octanol–water partition coefficient (Wildman–Crippen LogP) is 4.02. The number of thioether (sulfide) groups is 1. The molecular formula is C21H24BrN3O2S. The van der Waals surface area contributed by atoms with E-state index in [4.69, 9.17) is 5.73 Å². The molecule has 2 amide bonds. The number of carbonyl (C=O) groups is 2. The summed E-state index contributed by atoms with van der Waals surface area (Å²) in [5.74, 6) is 0.462. The minimum atomic E-state index is -0.259. The Morgan fingerprint density at radius 2 is 2.00 bits per heavy atom. The van der Waals surface area contributed by atoms with Crippen LogP contribution in [-0.2, 0) is 16.1 Å². The number of likely N-dealkylation sites (tertiary alicyclic amines) is 1. The van der Waals surface area contributed by atoms with Crippen LogP contribution in [-0.4, -0.2) is 35.1 Å². The molecule has 3 N–H and O–H groups in total. The fraction of sp³-hybridized carbons (Fsp3) is 0.333. The fourth-order valence-corrected chi connectivity index (χ4v) is 4.45. The van der Waals surface area contributed by atoms with Gasteiger partial charge in [0.15, 0.2) is 0 Å². The molecule has 1 saturated heterocycles. The van der Waals surface area contributed by atoms with Crippen molar-refractivity contribution >= 4 is 45.2 Å². The first-order valence-corrected chi connectivity index (χ1v) is 11.1. The maximum atomic E-state index is 12.3. The third-order valence-corrected chi connectivity index (χ3v) is 6.24. The Bertz CT molecular complexity index is 829. The molecule has 1 unspecified atom stereocenters. The van der Waals surface area contributed by atoms with Gasteiger partial charge in [-0.05, 0) is 61.3 Å². The monoisotopic (exact) mass is 461 g/mol. The van der Waals surface area contributed by atoms with Crippen LogP contribution in [0.4, 0.5) is 5.69 Å². The van der Waals surface area contributed by atoms with E-state index in [-0.39, 0.29) is 17.9 Å². The van der Waals surface area contributed by atoms with Crippen molar-refractivity contribution in [1.29, 1.82) is 0 Å². The van der Waals surface area contributed by atoms with Gasteiger partial charge in [-0.1, -0.05) is 28.1 Å². The number of benzene rings is 2. The van der Waals surface area contributed by atoms with E-state index in [9.17, 15) is 9.59 Å². The molecular weight excluding hydrogens is 438 g/mol. The lowest BCUT2D eigenvalue weighted by Crippen LogP contribution is -2.39. The third-order valence-electron chi connectivity index (χ3n) is 4.70. The molecule has 1 aliphatic rings. The standard InChI is InChI=1S/C21H24BrN3O2S/c22-16-6-8-18(9-7-16)28-12-10-20(26)24-17-4-1-3-15(13-17)14-25-11-2-5-19(25)21(23)27/h1,3-4,6-9,13,19H,2,5,10-12,14H2,(H2,23,27)(H,24,26). The lowest BCUT2D eigenvalue weighted by Gasteiger charge is -2.22. The van der Waals surface area contributed by atoms with E-state index >= 15 is 0 Å². The number of primary amides is 1. The minimum Gasteiger partial charge on any atom is -0.368 e. The first-order valence-electron chi connectivity index (χ1n) is 9.32. The Balaban J connectivity index is 1.49. The smallest absolute Gasteiger partial charge is 0.234 e. The predicted molar refractivity (Wildman–Crippen MR) is 117 cm³/mol. The average molecular weight is 462 g/mol. The quantitative estimate of drug-likeness (QED) is 0.582. The summed E-state index contributed by atoms with van der Waals surface area (Å²) >= 11 is 5.08. The number of anilines is 1. The van der Waals surface area contributed by atoms with Gasteiger partial charge in [-0.2, -0.15) is 0 Å². The number of carbonyl (C=O) groups excluding carboxylic acids is 2. The van der Waals surface area contributed by atoms with E-state index in [1.165, 1.54) is 0 Å². The SMILES string of the molecule is NC(=O)C1CCCN1Cc1cccc(NC(=O)CCSc2ccc(Br)cc2)c1. The van der Waals surface area contributed by atoms with Crippen molar-refractivity contribution in [2.24, 2.45) is 5.73 Å². The molecule has 1 atom stereocenters. The van der Waals surface area contributed by atoms with Crippen molar-refractivity contribution < 1.29 is 9.59 Å². The van der Waals surface area contributed by atoms with Crippen LogP contribution in [0.25, 0.3) is 0 Å². The molecule has 7 heteroatoms. The van der Waals surface area contributed by atoms with Gasteiger partial charge in [0.05, 0.1) is 6.04 Å². The van der Waals surface area contributed by atoms with Crippen LogP contribution in [0, 0.1) is 0 Å². The van der Waals surface area contributed by atoms with Crippen LogP contribution in [0.5, 0.6) is 0 Å². The topological polar surface area (TPSA) is 75.4 Å². The molecule has 0 radical (unpaired) electrons. The second kappa shape index (κ2) is 10.1. The molecule has 0 saturated carbocycles. The summed E-state index contributed by atoms with van der Waals surface area (Å²) in [5, 5.41) is 2.97. The van der Waals surface area contributed by atoms with E-state index in [0.29, 0.717) is 13.0 Å². The van der Waals surface area contributed by atoms with Gasteiger partial charge in [-0.15, -0.1) is 11.8 Å². The van der Waals surface area contributed by atoms with Gasteiger partial charge in [0, 0.05) is 33.8 Å². The summed E-state index contributed by atoms with van der Waals surface area (Å²) < 4.78 is 1.05. The summed E-state index contributed by atoms with van der Waals surface area (Å²) in [7, 11) is 0.